The summed E-state index contributed by atoms with van der Waals surface area (Å²) >= 11 is 1.83. The van der Waals surface area contributed by atoms with E-state index in [1.54, 1.807) is 0 Å². The second kappa shape index (κ2) is 6.63. The first-order valence-corrected chi connectivity index (χ1v) is 8.63. The minimum absolute atomic E-state index is 0.159. The summed E-state index contributed by atoms with van der Waals surface area (Å²) in [5.74, 6) is 0.404. The zero-order valence-corrected chi connectivity index (χ0v) is 13.9. The Morgan fingerprint density at radius 2 is 1.95 bits per heavy atom. The molecule has 1 aromatic carbocycles. The monoisotopic (exact) mass is 314 g/mol. The zero-order valence-electron chi connectivity index (χ0n) is 13.1. The molecule has 1 aliphatic rings. The molecule has 1 atom stereocenters. The number of amides is 1. The minimum atomic E-state index is 0.159. The van der Waals surface area contributed by atoms with E-state index in [-0.39, 0.29) is 17.9 Å². The molecule has 2 aromatic rings. The second-order valence-corrected chi connectivity index (χ2v) is 7.37. The van der Waals surface area contributed by atoms with E-state index in [1.807, 2.05) is 23.5 Å². The maximum Gasteiger partial charge on any atom is 0.227 e. The van der Waals surface area contributed by atoms with E-state index < -0.39 is 0 Å². The fourth-order valence-corrected chi connectivity index (χ4v) is 3.24. The van der Waals surface area contributed by atoms with Crippen molar-refractivity contribution in [3.63, 3.8) is 0 Å². The van der Waals surface area contributed by atoms with E-state index in [9.17, 15) is 4.79 Å². The number of hydrogen-bond donors (Lipinski definition) is 2. The lowest BCUT2D eigenvalue weighted by atomic mass is 10.1. The number of carbonyl (C=O) groups excluding carboxylic acids is 1. The summed E-state index contributed by atoms with van der Waals surface area (Å²) in [5, 5.41) is 6.51. The lowest BCUT2D eigenvalue weighted by molar-refractivity contribution is -0.117. The number of thiophene rings is 1. The molecule has 3 rings (SSSR count). The van der Waals surface area contributed by atoms with Crippen molar-refractivity contribution >= 4 is 22.9 Å². The van der Waals surface area contributed by atoms with Crippen LogP contribution in [0, 0.1) is 12.8 Å². The molecule has 1 amide bonds. The number of carbonyl (C=O) groups is 1. The highest BCUT2D eigenvalue weighted by Gasteiger charge is 2.29. The van der Waals surface area contributed by atoms with E-state index in [4.69, 9.17) is 0 Å². The Morgan fingerprint density at radius 3 is 2.55 bits per heavy atom. The molecule has 2 N–H and O–H groups in total. The van der Waals surface area contributed by atoms with Crippen LogP contribution < -0.4 is 10.6 Å². The fourth-order valence-electron chi connectivity index (χ4n) is 2.40. The lowest BCUT2D eigenvalue weighted by Gasteiger charge is -2.14. The van der Waals surface area contributed by atoms with Crippen LogP contribution in [0.5, 0.6) is 0 Å². The Labute approximate surface area is 135 Å². The Morgan fingerprint density at radius 1 is 1.23 bits per heavy atom. The molecule has 4 heteroatoms. The van der Waals surface area contributed by atoms with Crippen LogP contribution in [-0.2, 0) is 11.3 Å². The van der Waals surface area contributed by atoms with Crippen LogP contribution in [0.4, 0.5) is 5.69 Å². The van der Waals surface area contributed by atoms with Gasteiger partial charge in [0.05, 0.1) is 0 Å². The third-order valence-electron chi connectivity index (χ3n) is 4.00. The summed E-state index contributed by atoms with van der Waals surface area (Å²) in [4.78, 5) is 14.4. The normalized spacial score (nSPS) is 15.5. The molecule has 1 fully saturated rings. The first kappa shape index (κ1) is 15.3. The SMILES string of the molecule is Cc1ccc(CN[C@@H](C)c2ccc(NC(=O)C3CC3)cc2)s1. The van der Waals surface area contributed by atoms with Gasteiger partial charge >= 0.3 is 0 Å². The molecular formula is C18H22N2OS. The molecule has 1 aliphatic carbocycles. The van der Waals surface area contributed by atoms with Crippen molar-refractivity contribution in [2.75, 3.05) is 5.32 Å². The van der Waals surface area contributed by atoms with Crippen molar-refractivity contribution in [3.8, 4) is 0 Å². The largest absolute Gasteiger partial charge is 0.326 e. The highest BCUT2D eigenvalue weighted by Crippen LogP contribution is 2.30. The molecule has 22 heavy (non-hydrogen) atoms. The summed E-state index contributed by atoms with van der Waals surface area (Å²) in [5.41, 5.74) is 2.12. The number of benzene rings is 1. The molecule has 0 saturated heterocycles. The quantitative estimate of drug-likeness (QED) is 0.836. The average molecular weight is 314 g/mol. The van der Waals surface area contributed by atoms with Gasteiger partial charge in [0.15, 0.2) is 0 Å². The lowest BCUT2D eigenvalue weighted by Crippen LogP contribution is -2.17. The van der Waals surface area contributed by atoms with E-state index in [0.717, 1.165) is 25.1 Å². The standard InChI is InChI=1S/C18H22N2OS/c1-12-3-10-17(22-12)11-19-13(2)14-6-8-16(9-7-14)20-18(21)15-4-5-15/h3,6-10,13,15,19H,4-5,11H2,1-2H3,(H,20,21)/t13-/m0/s1. The average Bonchev–Trinajstić information content (AvgIpc) is 3.29. The third kappa shape index (κ3) is 3.96. The second-order valence-electron chi connectivity index (χ2n) is 6.00. The van der Waals surface area contributed by atoms with Crippen molar-refractivity contribution < 1.29 is 4.79 Å². The predicted octanol–water partition coefficient (Wildman–Crippen LogP) is 4.26. The molecule has 1 aromatic heterocycles. The smallest absolute Gasteiger partial charge is 0.227 e. The first-order chi connectivity index (χ1) is 10.6. The van der Waals surface area contributed by atoms with Gasteiger partial charge in [-0.2, -0.15) is 0 Å². The molecule has 0 bridgehead atoms. The van der Waals surface area contributed by atoms with Crippen LogP contribution in [0.2, 0.25) is 0 Å². The molecule has 3 nitrogen and oxygen atoms in total. The summed E-state index contributed by atoms with van der Waals surface area (Å²) in [6, 6.07) is 12.8. The molecular weight excluding hydrogens is 292 g/mol. The fraction of sp³-hybridized carbons (Fsp3) is 0.389. The van der Waals surface area contributed by atoms with Crippen LogP contribution in [0.3, 0.4) is 0 Å². The molecule has 0 spiro atoms. The molecule has 1 heterocycles. The van der Waals surface area contributed by atoms with Gasteiger partial charge in [-0.25, -0.2) is 0 Å². The zero-order chi connectivity index (χ0) is 15.5. The number of anilines is 1. The number of hydrogen-bond acceptors (Lipinski definition) is 3. The third-order valence-corrected chi connectivity index (χ3v) is 5.01. The minimum Gasteiger partial charge on any atom is -0.326 e. The number of rotatable bonds is 6. The van der Waals surface area contributed by atoms with Crippen LogP contribution in [0.15, 0.2) is 36.4 Å². The van der Waals surface area contributed by atoms with Gasteiger partial charge in [-0.05, 0) is 56.5 Å². The highest BCUT2D eigenvalue weighted by atomic mass is 32.1. The predicted molar refractivity (Wildman–Crippen MR) is 92.1 cm³/mol. The van der Waals surface area contributed by atoms with Crippen molar-refractivity contribution in [1.29, 1.82) is 0 Å². The molecule has 0 unspecified atom stereocenters. The van der Waals surface area contributed by atoms with Gasteiger partial charge < -0.3 is 10.6 Å². The molecule has 1 saturated carbocycles. The highest BCUT2D eigenvalue weighted by molar-refractivity contribution is 7.11. The van der Waals surface area contributed by atoms with Gasteiger partial charge in [-0.15, -0.1) is 11.3 Å². The Kier molecular flexibility index (Phi) is 4.60. The number of nitrogens with one attached hydrogen (secondary N) is 2. The van der Waals surface area contributed by atoms with Crippen LogP contribution >= 0.6 is 11.3 Å². The van der Waals surface area contributed by atoms with Crippen molar-refractivity contribution in [1.82, 2.24) is 5.32 Å². The van der Waals surface area contributed by atoms with E-state index >= 15 is 0 Å². The number of aryl methyl sites for hydroxylation is 1. The van der Waals surface area contributed by atoms with E-state index in [1.165, 1.54) is 15.3 Å². The van der Waals surface area contributed by atoms with Crippen molar-refractivity contribution in [3.05, 3.63) is 51.7 Å². The van der Waals surface area contributed by atoms with Gasteiger partial charge in [-0.1, -0.05) is 12.1 Å². The van der Waals surface area contributed by atoms with Gasteiger partial charge in [0.2, 0.25) is 5.91 Å². The maximum atomic E-state index is 11.7. The Hall–Kier alpha value is -1.65. The van der Waals surface area contributed by atoms with E-state index in [2.05, 4.69) is 48.7 Å². The Balaban J connectivity index is 1.53. The van der Waals surface area contributed by atoms with Crippen LogP contribution in [0.1, 0.15) is 41.1 Å². The van der Waals surface area contributed by atoms with Crippen LogP contribution in [0.25, 0.3) is 0 Å². The van der Waals surface area contributed by atoms with Gasteiger partial charge in [-0.3, -0.25) is 4.79 Å². The molecule has 0 aliphatic heterocycles. The van der Waals surface area contributed by atoms with Crippen LogP contribution in [-0.4, -0.2) is 5.91 Å². The van der Waals surface area contributed by atoms with Gasteiger partial charge in [0.1, 0.15) is 0 Å². The first-order valence-electron chi connectivity index (χ1n) is 7.81. The summed E-state index contributed by atoms with van der Waals surface area (Å²) in [6.45, 7) is 5.18. The summed E-state index contributed by atoms with van der Waals surface area (Å²) in [7, 11) is 0. The summed E-state index contributed by atoms with van der Waals surface area (Å²) in [6.07, 6.45) is 2.07. The van der Waals surface area contributed by atoms with Gasteiger partial charge in [0.25, 0.3) is 0 Å². The van der Waals surface area contributed by atoms with Crippen molar-refractivity contribution in [2.24, 2.45) is 5.92 Å². The van der Waals surface area contributed by atoms with E-state index in [0.29, 0.717) is 0 Å². The Bertz CT molecular complexity index is 643. The topological polar surface area (TPSA) is 41.1 Å². The van der Waals surface area contributed by atoms with Gasteiger partial charge in [0, 0.05) is 33.9 Å². The summed E-state index contributed by atoms with van der Waals surface area (Å²) < 4.78 is 0. The molecule has 0 radical (unpaired) electrons. The molecule has 116 valence electrons. The van der Waals surface area contributed by atoms with Crippen molar-refractivity contribution in [2.45, 2.75) is 39.3 Å². The maximum absolute atomic E-state index is 11.7.